The monoisotopic (exact) mass is 289 g/mol. The highest BCUT2D eigenvalue weighted by Crippen LogP contribution is 2.30. The molecule has 0 amide bonds. The molecule has 1 aromatic carbocycles. The Morgan fingerprint density at radius 2 is 2.18 bits per heavy atom. The molecule has 1 unspecified atom stereocenters. The van der Waals surface area contributed by atoms with Gasteiger partial charge in [-0.25, -0.2) is 4.98 Å². The molecule has 1 N–H and O–H groups in total. The molecule has 0 fully saturated rings. The fourth-order valence-electron chi connectivity index (χ4n) is 1.19. The Morgan fingerprint density at radius 1 is 1.47 bits per heavy atom. The summed E-state index contributed by atoms with van der Waals surface area (Å²) in [7, 11) is -3.95. The molecule has 0 saturated heterocycles. The lowest BCUT2D eigenvalue weighted by molar-refractivity contribution is 0.474. The van der Waals surface area contributed by atoms with Gasteiger partial charge < -0.3 is 0 Å². The van der Waals surface area contributed by atoms with Gasteiger partial charge in [0.1, 0.15) is 0 Å². The van der Waals surface area contributed by atoms with Crippen molar-refractivity contribution in [1.82, 2.24) is 4.98 Å². The van der Waals surface area contributed by atoms with E-state index in [1.54, 1.807) is 0 Å². The third-order valence-electron chi connectivity index (χ3n) is 2.22. The van der Waals surface area contributed by atoms with Crippen molar-refractivity contribution in [3.63, 3.8) is 0 Å². The molecule has 2 aromatic rings. The maximum Gasteiger partial charge on any atom is 0.268 e. The van der Waals surface area contributed by atoms with E-state index in [9.17, 15) is 8.42 Å². The van der Waals surface area contributed by atoms with Crippen molar-refractivity contribution in [1.29, 1.82) is 0 Å². The molecule has 1 heterocycles. The van der Waals surface area contributed by atoms with Crippen LogP contribution in [-0.4, -0.2) is 29.0 Å². The second-order valence-electron chi connectivity index (χ2n) is 3.58. The minimum absolute atomic E-state index is 0.304. The van der Waals surface area contributed by atoms with E-state index in [0.29, 0.717) is 5.75 Å². The van der Waals surface area contributed by atoms with E-state index in [4.69, 9.17) is 4.55 Å². The number of hydrogen-bond donors (Lipinski definition) is 1. The van der Waals surface area contributed by atoms with E-state index in [0.717, 1.165) is 14.6 Å². The fourth-order valence-corrected chi connectivity index (χ4v) is 4.03. The minimum atomic E-state index is -3.95. The lowest BCUT2D eigenvalue weighted by atomic mass is 10.3. The number of benzene rings is 1. The molecule has 0 aliphatic heterocycles. The van der Waals surface area contributed by atoms with Crippen molar-refractivity contribution >= 4 is 43.4 Å². The molecule has 92 valence electrons. The van der Waals surface area contributed by atoms with E-state index in [1.165, 1.54) is 30.0 Å². The zero-order chi connectivity index (χ0) is 12.5. The van der Waals surface area contributed by atoms with Gasteiger partial charge in [0.25, 0.3) is 10.1 Å². The summed E-state index contributed by atoms with van der Waals surface area (Å²) < 4.78 is 32.4. The molecule has 1 atom stereocenters. The quantitative estimate of drug-likeness (QED) is 0.692. The van der Waals surface area contributed by atoms with E-state index in [2.05, 4.69) is 4.98 Å². The predicted octanol–water partition coefficient (Wildman–Crippen LogP) is 2.66. The van der Waals surface area contributed by atoms with Crippen molar-refractivity contribution in [2.45, 2.75) is 16.5 Å². The van der Waals surface area contributed by atoms with E-state index in [1.807, 2.05) is 24.3 Å². The van der Waals surface area contributed by atoms with Gasteiger partial charge >= 0.3 is 0 Å². The number of para-hydroxylation sites is 1. The largest absolute Gasteiger partial charge is 0.285 e. The van der Waals surface area contributed by atoms with Crippen molar-refractivity contribution in [2.24, 2.45) is 0 Å². The summed E-state index contributed by atoms with van der Waals surface area (Å²) in [5.74, 6) is 0.304. The smallest absolute Gasteiger partial charge is 0.268 e. The van der Waals surface area contributed by atoms with Gasteiger partial charge in [0.15, 0.2) is 4.34 Å². The number of nitrogens with zero attached hydrogens (tertiary/aromatic N) is 1. The first-order valence-electron chi connectivity index (χ1n) is 4.91. The molecule has 1 aromatic heterocycles. The normalized spacial score (nSPS) is 14.0. The van der Waals surface area contributed by atoms with Crippen LogP contribution in [0.2, 0.25) is 0 Å². The zero-order valence-corrected chi connectivity index (χ0v) is 11.5. The number of hydrogen-bond acceptors (Lipinski definition) is 5. The van der Waals surface area contributed by atoms with E-state index in [-0.39, 0.29) is 0 Å². The number of fused-ring (bicyclic) bond motifs is 1. The maximum absolute atomic E-state index is 10.8. The van der Waals surface area contributed by atoms with Gasteiger partial charge in [-0.15, -0.1) is 11.3 Å². The first-order valence-corrected chi connectivity index (χ1v) is 8.22. The summed E-state index contributed by atoms with van der Waals surface area (Å²) in [5, 5.41) is -0.778. The maximum atomic E-state index is 10.8. The third-order valence-corrected chi connectivity index (χ3v) is 6.06. The van der Waals surface area contributed by atoms with Gasteiger partial charge in [-0.2, -0.15) is 8.42 Å². The second kappa shape index (κ2) is 4.93. The Kier molecular flexibility index (Phi) is 3.72. The summed E-state index contributed by atoms with van der Waals surface area (Å²) >= 11 is 2.87. The Bertz CT molecular complexity index is 588. The lowest BCUT2D eigenvalue weighted by Crippen LogP contribution is -2.18. The van der Waals surface area contributed by atoms with Crippen molar-refractivity contribution < 1.29 is 13.0 Å². The average molecular weight is 289 g/mol. The van der Waals surface area contributed by atoms with Crippen molar-refractivity contribution in [3.8, 4) is 0 Å². The van der Waals surface area contributed by atoms with Crippen LogP contribution in [0.1, 0.15) is 6.92 Å². The Labute approximate surface area is 108 Å². The average Bonchev–Trinajstić information content (AvgIpc) is 2.66. The van der Waals surface area contributed by atoms with Crippen LogP contribution in [0.5, 0.6) is 0 Å². The molecular formula is C10H11NO3S3. The number of aromatic nitrogens is 1. The standard InChI is InChI=1S/C10H11NO3S3/c1-7(17(12,13)14)6-15-10-11-8-4-2-3-5-9(8)16-10/h2-5,7H,6H2,1H3,(H,12,13,14). The van der Waals surface area contributed by atoms with Crippen LogP contribution in [0.25, 0.3) is 10.2 Å². The van der Waals surface area contributed by atoms with Crippen LogP contribution in [0.4, 0.5) is 0 Å². The van der Waals surface area contributed by atoms with Crippen LogP contribution in [0.3, 0.4) is 0 Å². The van der Waals surface area contributed by atoms with Gasteiger partial charge in [-0.3, -0.25) is 4.55 Å². The Morgan fingerprint density at radius 3 is 2.82 bits per heavy atom. The van der Waals surface area contributed by atoms with Gasteiger partial charge in [-0.1, -0.05) is 23.9 Å². The van der Waals surface area contributed by atoms with Gasteiger partial charge in [0.05, 0.1) is 15.5 Å². The lowest BCUT2D eigenvalue weighted by Gasteiger charge is -2.04. The number of rotatable bonds is 4. The highest BCUT2D eigenvalue weighted by atomic mass is 32.2. The second-order valence-corrected chi connectivity index (χ2v) is 7.72. The zero-order valence-electron chi connectivity index (χ0n) is 9.03. The molecule has 2 rings (SSSR count). The SMILES string of the molecule is CC(CSc1nc2ccccc2s1)S(=O)(=O)O. The molecular weight excluding hydrogens is 278 g/mol. The van der Waals surface area contributed by atoms with Crippen LogP contribution >= 0.6 is 23.1 Å². The topological polar surface area (TPSA) is 67.3 Å². The molecule has 0 radical (unpaired) electrons. The molecule has 0 saturated carbocycles. The van der Waals surface area contributed by atoms with Crippen LogP contribution < -0.4 is 0 Å². The Balaban J connectivity index is 2.09. The van der Waals surface area contributed by atoms with Crippen molar-refractivity contribution in [2.75, 3.05) is 5.75 Å². The van der Waals surface area contributed by atoms with E-state index >= 15 is 0 Å². The number of thiazole rings is 1. The molecule has 7 heteroatoms. The molecule has 0 aliphatic carbocycles. The Hall–Kier alpha value is -0.630. The summed E-state index contributed by atoms with van der Waals surface area (Å²) in [6.45, 7) is 1.48. The molecule has 0 aliphatic rings. The first kappa shape index (κ1) is 12.8. The first-order chi connectivity index (χ1) is 7.97. The van der Waals surface area contributed by atoms with Gasteiger partial charge in [0.2, 0.25) is 0 Å². The highest BCUT2D eigenvalue weighted by molar-refractivity contribution is 8.02. The van der Waals surface area contributed by atoms with Crippen molar-refractivity contribution in [3.05, 3.63) is 24.3 Å². The summed E-state index contributed by atoms with van der Waals surface area (Å²) in [6.07, 6.45) is 0. The summed E-state index contributed by atoms with van der Waals surface area (Å²) in [6, 6.07) is 7.75. The third kappa shape index (κ3) is 3.19. The summed E-state index contributed by atoms with van der Waals surface area (Å²) in [5.41, 5.74) is 0.916. The molecule has 0 spiro atoms. The molecule has 4 nitrogen and oxygen atoms in total. The summed E-state index contributed by atoms with van der Waals surface area (Å²) in [4.78, 5) is 4.37. The van der Waals surface area contributed by atoms with Crippen LogP contribution in [0, 0.1) is 0 Å². The number of thioether (sulfide) groups is 1. The van der Waals surface area contributed by atoms with Gasteiger partial charge in [0, 0.05) is 5.75 Å². The minimum Gasteiger partial charge on any atom is -0.285 e. The van der Waals surface area contributed by atoms with E-state index < -0.39 is 15.4 Å². The van der Waals surface area contributed by atoms with Crippen LogP contribution in [-0.2, 0) is 10.1 Å². The highest BCUT2D eigenvalue weighted by Gasteiger charge is 2.18. The molecule has 0 bridgehead atoms. The predicted molar refractivity (Wildman–Crippen MR) is 71.4 cm³/mol. The van der Waals surface area contributed by atoms with Crippen LogP contribution in [0.15, 0.2) is 28.6 Å². The van der Waals surface area contributed by atoms with Gasteiger partial charge in [-0.05, 0) is 19.1 Å². The molecule has 17 heavy (non-hydrogen) atoms. The fraction of sp³-hybridized carbons (Fsp3) is 0.300.